The molecule has 0 aliphatic carbocycles. The van der Waals surface area contributed by atoms with Crippen molar-refractivity contribution in [2.75, 3.05) is 31.1 Å². The molecule has 3 rings (SSSR count). The molecule has 2 atom stereocenters. The van der Waals surface area contributed by atoms with Crippen molar-refractivity contribution in [3.8, 4) is 0 Å². The van der Waals surface area contributed by atoms with Crippen molar-refractivity contribution in [2.24, 2.45) is 11.8 Å². The topological polar surface area (TPSA) is 61.4 Å². The monoisotopic (exact) mass is 405 g/mol. The first-order valence-corrected chi connectivity index (χ1v) is 9.06. The maximum Gasteiger partial charge on any atom is 0.239 e. The van der Waals surface area contributed by atoms with Gasteiger partial charge in [0.1, 0.15) is 5.92 Å². The van der Waals surface area contributed by atoms with Gasteiger partial charge in [0.05, 0.1) is 10.7 Å². The fourth-order valence-electron chi connectivity index (χ4n) is 3.32. The Balaban J connectivity index is 0.00000225. The summed E-state index contributed by atoms with van der Waals surface area (Å²) in [7, 11) is 0. The van der Waals surface area contributed by atoms with E-state index in [9.17, 15) is 9.59 Å². The zero-order valence-corrected chi connectivity index (χ0v) is 16.1. The SMILES string of the molecule is Cl.O=C(NCC1CCCNC1)C1CCN(c2cc(Cl)ccc2Cl)C1=O. The molecule has 1 aromatic rings. The van der Waals surface area contributed by atoms with Crippen molar-refractivity contribution < 1.29 is 9.59 Å². The minimum Gasteiger partial charge on any atom is -0.355 e. The molecule has 2 aliphatic heterocycles. The molecule has 0 aromatic heterocycles. The van der Waals surface area contributed by atoms with Crippen LogP contribution in [0.15, 0.2) is 18.2 Å². The number of anilines is 1. The highest BCUT2D eigenvalue weighted by Gasteiger charge is 2.38. The highest BCUT2D eigenvalue weighted by Crippen LogP contribution is 2.33. The standard InChI is InChI=1S/C17H21Cl2N3O2.ClH/c18-12-3-4-14(19)15(8-12)22-7-5-13(17(22)24)16(23)21-10-11-2-1-6-20-9-11;/h3-4,8,11,13,20H,1-2,5-7,9-10H2,(H,21,23);1H. The summed E-state index contributed by atoms with van der Waals surface area (Å²) >= 11 is 12.2. The van der Waals surface area contributed by atoms with Gasteiger partial charge in [0.25, 0.3) is 0 Å². The quantitative estimate of drug-likeness (QED) is 0.756. The van der Waals surface area contributed by atoms with Crippen molar-refractivity contribution in [1.29, 1.82) is 0 Å². The van der Waals surface area contributed by atoms with Gasteiger partial charge in [-0.1, -0.05) is 23.2 Å². The number of hydrogen-bond acceptors (Lipinski definition) is 3. The summed E-state index contributed by atoms with van der Waals surface area (Å²) in [6.07, 6.45) is 2.73. The molecule has 0 saturated carbocycles. The van der Waals surface area contributed by atoms with E-state index in [0.29, 0.717) is 41.2 Å². The van der Waals surface area contributed by atoms with Crippen molar-refractivity contribution in [3.05, 3.63) is 28.2 Å². The molecule has 2 heterocycles. The first-order valence-electron chi connectivity index (χ1n) is 8.31. The van der Waals surface area contributed by atoms with E-state index in [1.807, 2.05) is 0 Å². The van der Waals surface area contributed by atoms with Crippen LogP contribution in [-0.2, 0) is 9.59 Å². The summed E-state index contributed by atoms with van der Waals surface area (Å²) in [6.45, 7) is 3.06. The van der Waals surface area contributed by atoms with Crippen molar-refractivity contribution >= 4 is 53.1 Å². The molecule has 1 aromatic carbocycles. The van der Waals surface area contributed by atoms with Gasteiger partial charge in [-0.25, -0.2) is 0 Å². The molecule has 2 N–H and O–H groups in total. The summed E-state index contributed by atoms with van der Waals surface area (Å²) in [6, 6.07) is 5.00. The third-order valence-electron chi connectivity index (χ3n) is 4.68. The third-order valence-corrected chi connectivity index (χ3v) is 5.24. The summed E-state index contributed by atoms with van der Waals surface area (Å²) in [5.41, 5.74) is 0.570. The average Bonchev–Trinajstić information content (AvgIpc) is 2.97. The summed E-state index contributed by atoms with van der Waals surface area (Å²) < 4.78 is 0. The van der Waals surface area contributed by atoms with E-state index in [-0.39, 0.29) is 24.2 Å². The van der Waals surface area contributed by atoms with E-state index in [1.165, 1.54) is 0 Å². The number of rotatable bonds is 4. The van der Waals surface area contributed by atoms with Crippen LogP contribution in [0.3, 0.4) is 0 Å². The maximum absolute atomic E-state index is 12.6. The van der Waals surface area contributed by atoms with Gasteiger partial charge >= 0.3 is 0 Å². The molecule has 2 amide bonds. The van der Waals surface area contributed by atoms with E-state index >= 15 is 0 Å². The van der Waals surface area contributed by atoms with Gasteiger partial charge in [0.2, 0.25) is 11.8 Å². The Morgan fingerprint density at radius 2 is 2.12 bits per heavy atom. The van der Waals surface area contributed by atoms with E-state index in [1.54, 1.807) is 23.1 Å². The van der Waals surface area contributed by atoms with Crippen molar-refractivity contribution in [3.63, 3.8) is 0 Å². The van der Waals surface area contributed by atoms with Crippen LogP contribution >= 0.6 is 35.6 Å². The molecule has 0 radical (unpaired) electrons. The molecule has 2 fully saturated rings. The van der Waals surface area contributed by atoms with Crippen LogP contribution in [0.2, 0.25) is 10.0 Å². The van der Waals surface area contributed by atoms with Crippen LogP contribution in [-0.4, -0.2) is 38.0 Å². The van der Waals surface area contributed by atoms with Crippen LogP contribution in [0.1, 0.15) is 19.3 Å². The number of carbonyl (C=O) groups excluding carboxylic acids is 2. The molecule has 8 heteroatoms. The second-order valence-electron chi connectivity index (χ2n) is 6.38. The number of carbonyl (C=O) groups is 2. The molecule has 2 aliphatic rings. The molecule has 5 nitrogen and oxygen atoms in total. The van der Waals surface area contributed by atoms with Crippen molar-refractivity contribution in [2.45, 2.75) is 19.3 Å². The summed E-state index contributed by atoms with van der Waals surface area (Å²) in [5.74, 6) is -0.598. The third kappa shape index (κ3) is 4.79. The van der Waals surface area contributed by atoms with Gasteiger partial charge in [-0.2, -0.15) is 0 Å². The predicted molar refractivity (Wildman–Crippen MR) is 103 cm³/mol. The second kappa shape index (κ2) is 9.08. The number of hydrogen-bond donors (Lipinski definition) is 2. The Morgan fingerprint density at radius 1 is 1.32 bits per heavy atom. The first-order chi connectivity index (χ1) is 11.6. The zero-order chi connectivity index (χ0) is 17.1. The van der Waals surface area contributed by atoms with E-state index < -0.39 is 5.92 Å². The Hall–Kier alpha value is -1.01. The lowest BCUT2D eigenvalue weighted by molar-refractivity contribution is -0.132. The molecule has 25 heavy (non-hydrogen) atoms. The molecular formula is C17H22Cl3N3O2. The fourth-order valence-corrected chi connectivity index (χ4v) is 3.71. The lowest BCUT2D eigenvalue weighted by Gasteiger charge is -2.23. The van der Waals surface area contributed by atoms with Gasteiger partial charge < -0.3 is 15.5 Å². The summed E-state index contributed by atoms with van der Waals surface area (Å²) in [5, 5.41) is 7.23. The average molecular weight is 407 g/mol. The normalized spacial score (nSPS) is 23.3. The predicted octanol–water partition coefficient (Wildman–Crippen LogP) is 2.88. The zero-order valence-electron chi connectivity index (χ0n) is 13.8. The maximum atomic E-state index is 12.6. The Labute approximate surface area is 163 Å². The minimum absolute atomic E-state index is 0. The number of benzene rings is 1. The largest absolute Gasteiger partial charge is 0.355 e. The van der Waals surface area contributed by atoms with Crippen LogP contribution < -0.4 is 15.5 Å². The number of halogens is 3. The fraction of sp³-hybridized carbons (Fsp3) is 0.529. The van der Waals surface area contributed by atoms with E-state index in [4.69, 9.17) is 23.2 Å². The van der Waals surface area contributed by atoms with Gasteiger partial charge in [0.15, 0.2) is 0 Å². The number of nitrogens with zero attached hydrogens (tertiary/aromatic N) is 1. The van der Waals surface area contributed by atoms with Crippen LogP contribution in [0.5, 0.6) is 0 Å². The first kappa shape index (κ1) is 20.3. The van der Waals surface area contributed by atoms with Crippen molar-refractivity contribution in [1.82, 2.24) is 10.6 Å². The molecule has 138 valence electrons. The molecule has 2 unspecified atom stereocenters. The Kier molecular flexibility index (Phi) is 7.37. The lowest BCUT2D eigenvalue weighted by Crippen LogP contribution is -2.42. The van der Waals surface area contributed by atoms with Crippen LogP contribution in [0.4, 0.5) is 5.69 Å². The summed E-state index contributed by atoms with van der Waals surface area (Å²) in [4.78, 5) is 26.6. The molecule has 0 bridgehead atoms. The number of amides is 2. The Morgan fingerprint density at radius 3 is 2.84 bits per heavy atom. The highest BCUT2D eigenvalue weighted by atomic mass is 35.5. The van der Waals surface area contributed by atoms with E-state index in [2.05, 4.69) is 10.6 Å². The minimum atomic E-state index is -0.642. The lowest BCUT2D eigenvalue weighted by atomic mass is 9.99. The highest BCUT2D eigenvalue weighted by molar-refractivity contribution is 6.36. The Bertz CT molecular complexity index is 636. The van der Waals surface area contributed by atoms with Crippen LogP contribution in [0.25, 0.3) is 0 Å². The van der Waals surface area contributed by atoms with Crippen LogP contribution in [0, 0.1) is 11.8 Å². The number of piperidine rings is 1. The van der Waals surface area contributed by atoms with Gasteiger partial charge in [-0.15, -0.1) is 12.4 Å². The molecule has 2 saturated heterocycles. The van der Waals surface area contributed by atoms with Gasteiger partial charge in [-0.3, -0.25) is 9.59 Å². The smallest absolute Gasteiger partial charge is 0.239 e. The van der Waals surface area contributed by atoms with Gasteiger partial charge in [-0.05, 0) is 56.5 Å². The van der Waals surface area contributed by atoms with Gasteiger partial charge in [0, 0.05) is 18.1 Å². The molecule has 0 spiro atoms. The van der Waals surface area contributed by atoms with E-state index in [0.717, 1.165) is 25.9 Å². The number of nitrogens with one attached hydrogen (secondary N) is 2. The molecular weight excluding hydrogens is 385 g/mol. The second-order valence-corrected chi connectivity index (χ2v) is 7.23.